The van der Waals surface area contributed by atoms with E-state index in [2.05, 4.69) is 10.5 Å². The summed E-state index contributed by atoms with van der Waals surface area (Å²) >= 11 is 0. The van der Waals surface area contributed by atoms with E-state index in [1.807, 2.05) is 38.1 Å². The summed E-state index contributed by atoms with van der Waals surface area (Å²) in [6.07, 6.45) is 0.353. The van der Waals surface area contributed by atoms with Crippen LogP contribution in [-0.4, -0.2) is 35.8 Å². The number of amides is 2. The van der Waals surface area contributed by atoms with Crippen LogP contribution in [0.1, 0.15) is 30.0 Å². The highest BCUT2D eigenvalue weighted by molar-refractivity contribution is 6.01. The van der Waals surface area contributed by atoms with Crippen molar-refractivity contribution in [2.75, 3.05) is 13.1 Å². The molecule has 0 spiro atoms. The number of nitrogens with zero attached hydrogens (tertiary/aromatic N) is 2. The van der Waals surface area contributed by atoms with Crippen molar-refractivity contribution in [3.8, 4) is 0 Å². The van der Waals surface area contributed by atoms with Crippen LogP contribution < -0.4 is 5.32 Å². The van der Waals surface area contributed by atoms with Gasteiger partial charge in [-0.25, -0.2) is 9.18 Å². The quantitative estimate of drug-likeness (QED) is 0.841. The van der Waals surface area contributed by atoms with Crippen molar-refractivity contribution in [2.24, 2.45) is 5.16 Å². The summed E-state index contributed by atoms with van der Waals surface area (Å²) in [6.45, 7) is 4.90. The zero-order valence-electron chi connectivity index (χ0n) is 15.6. The van der Waals surface area contributed by atoms with Crippen molar-refractivity contribution in [3.63, 3.8) is 0 Å². The van der Waals surface area contributed by atoms with E-state index in [1.165, 1.54) is 11.6 Å². The van der Waals surface area contributed by atoms with Crippen LogP contribution in [0.15, 0.2) is 53.7 Å². The Morgan fingerprint density at radius 3 is 2.70 bits per heavy atom. The predicted octanol–water partition coefficient (Wildman–Crippen LogP) is 3.86. The van der Waals surface area contributed by atoms with Crippen molar-refractivity contribution < 1.29 is 14.0 Å². The lowest BCUT2D eigenvalue weighted by Crippen LogP contribution is -2.43. The minimum Gasteiger partial charge on any atom is -0.390 e. The number of hydrogen-bond acceptors (Lipinski definition) is 3. The molecule has 2 amide bonds. The molecule has 0 unspecified atom stereocenters. The molecule has 5 nitrogen and oxygen atoms in total. The Balaban J connectivity index is 1.67. The average Bonchev–Trinajstić information content (AvgIpc) is 3.12. The van der Waals surface area contributed by atoms with Crippen LogP contribution in [0, 0.1) is 12.7 Å². The third-order valence-electron chi connectivity index (χ3n) is 4.48. The zero-order chi connectivity index (χ0) is 19.2. The first-order valence-corrected chi connectivity index (χ1v) is 9.12. The van der Waals surface area contributed by atoms with E-state index >= 15 is 0 Å². The second-order valence-corrected chi connectivity index (χ2v) is 6.64. The summed E-state index contributed by atoms with van der Waals surface area (Å²) in [5.41, 5.74) is 3.53. The Morgan fingerprint density at radius 2 is 2.00 bits per heavy atom. The third kappa shape index (κ3) is 4.84. The number of aryl methyl sites for hydroxylation is 1. The molecule has 0 fully saturated rings. The van der Waals surface area contributed by atoms with Crippen molar-refractivity contribution in [1.82, 2.24) is 10.2 Å². The van der Waals surface area contributed by atoms with Crippen LogP contribution >= 0.6 is 0 Å². The second kappa shape index (κ2) is 8.66. The fraction of sp³-hybridized carbons (Fsp3) is 0.333. The Hall–Kier alpha value is -2.89. The summed E-state index contributed by atoms with van der Waals surface area (Å²) in [5.74, 6) is -0.323. The molecular formula is C21H24FN3O2. The molecule has 2 aromatic carbocycles. The Kier molecular flexibility index (Phi) is 6.06. The van der Waals surface area contributed by atoms with Crippen LogP contribution in [-0.2, 0) is 11.4 Å². The highest BCUT2D eigenvalue weighted by Crippen LogP contribution is 2.19. The number of carbonyl (C=O) groups excluding carboxylic acids is 1. The molecule has 0 bridgehead atoms. The number of carbonyl (C=O) groups is 1. The van der Waals surface area contributed by atoms with E-state index in [1.54, 1.807) is 23.1 Å². The number of hydrogen-bond donors (Lipinski definition) is 1. The highest BCUT2D eigenvalue weighted by atomic mass is 19.1. The number of benzene rings is 2. The van der Waals surface area contributed by atoms with Crippen molar-refractivity contribution >= 4 is 11.7 Å². The van der Waals surface area contributed by atoms with E-state index in [4.69, 9.17) is 4.84 Å². The molecule has 1 aliphatic heterocycles. The number of urea groups is 1. The third-order valence-corrected chi connectivity index (χ3v) is 4.48. The predicted molar refractivity (Wildman–Crippen MR) is 103 cm³/mol. The molecule has 27 heavy (non-hydrogen) atoms. The molecule has 6 heteroatoms. The lowest BCUT2D eigenvalue weighted by molar-refractivity contribution is 0.0588. The Labute approximate surface area is 158 Å². The maximum absolute atomic E-state index is 14.0. The van der Waals surface area contributed by atoms with E-state index in [0.717, 1.165) is 11.3 Å². The summed E-state index contributed by atoms with van der Waals surface area (Å²) in [4.78, 5) is 19.6. The lowest BCUT2D eigenvalue weighted by atomic mass is 10.0. The van der Waals surface area contributed by atoms with Gasteiger partial charge >= 0.3 is 6.03 Å². The standard InChI is InChI=1S/C21H24FN3O2/c1-3-23-21(26)25(13-17-6-4-5-7-19(17)22)14-18-12-20(24-27-18)16-10-8-15(2)9-11-16/h4-11,18H,3,12-14H2,1-2H3,(H,23,26)/t18-/m0/s1. The maximum atomic E-state index is 14.0. The molecule has 0 aromatic heterocycles. The molecule has 1 atom stereocenters. The van der Waals surface area contributed by atoms with Crippen LogP contribution in [0.25, 0.3) is 0 Å². The van der Waals surface area contributed by atoms with Gasteiger partial charge in [0.2, 0.25) is 0 Å². The molecule has 0 radical (unpaired) electrons. The Morgan fingerprint density at radius 1 is 1.26 bits per heavy atom. The van der Waals surface area contributed by atoms with Crippen LogP contribution in [0.2, 0.25) is 0 Å². The van der Waals surface area contributed by atoms with Gasteiger partial charge in [-0.05, 0) is 25.5 Å². The van der Waals surface area contributed by atoms with E-state index in [0.29, 0.717) is 25.1 Å². The number of nitrogens with one attached hydrogen (secondary N) is 1. The molecule has 1 aliphatic rings. The fourth-order valence-corrected chi connectivity index (χ4v) is 3.00. The molecule has 3 rings (SSSR count). The van der Waals surface area contributed by atoms with Gasteiger partial charge in [-0.2, -0.15) is 0 Å². The lowest BCUT2D eigenvalue weighted by Gasteiger charge is -2.25. The molecule has 0 saturated carbocycles. The molecular weight excluding hydrogens is 345 g/mol. The summed E-state index contributed by atoms with van der Waals surface area (Å²) < 4.78 is 14.0. The monoisotopic (exact) mass is 369 g/mol. The molecule has 2 aromatic rings. The molecule has 142 valence electrons. The fourth-order valence-electron chi connectivity index (χ4n) is 3.00. The SMILES string of the molecule is CCNC(=O)N(Cc1ccccc1F)C[C@@H]1CC(c2ccc(C)cc2)=NO1. The first kappa shape index (κ1) is 18.9. The van der Waals surface area contributed by atoms with E-state index in [-0.39, 0.29) is 24.5 Å². The van der Waals surface area contributed by atoms with Gasteiger partial charge in [0.05, 0.1) is 18.8 Å². The van der Waals surface area contributed by atoms with Crippen LogP contribution in [0.3, 0.4) is 0 Å². The topological polar surface area (TPSA) is 53.9 Å². The highest BCUT2D eigenvalue weighted by Gasteiger charge is 2.27. The largest absolute Gasteiger partial charge is 0.390 e. The van der Waals surface area contributed by atoms with Gasteiger partial charge in [-0.15, -0.1) is 0 Å². The van der Waals surface area contributed by atoms with Crippen LogP contribution in [0.5, 0.6) is 0 Å². The minimum atomic E-state index is -0.323. The number of rotatable bonds is 6. The smallest absolute Gasteiger partial charge is 0.317 e. The molecule has 0 saturated heterocycles. The average molecular weight is 369 g/mol. The van der Waals surface area contributed by atoms with E-state index < -0.39 is 0 Å². The van der Waals surface area contributed by atoms with Crippen molar-refractivity contribution in [1.29, 1.82) is 0 Å². The van der Waals surface area contributed by atoms with Gasteiger partial charge in [-0.3, -0.25) is 0 Å². The van der Waals surface area contributed by atoms with E-state index in [9.17, 15) is 9.18 Å². The van der Waals surface area contributed by atoms with Gasteiger partial charge in [0.15, 0.2) is 6.10 Å². The molecule has 1 heterocycles. The second-order valence-electron chi connectivity index (χ2n) is 6.64. The van der Waals surface area contributed by atoms with Gasteiger partial charge in [0.1, 0.15) is 5.82 Å². The molecule has 1 N–H and O–H groups in total. The minimum absolute atomic E-state index is 0.179. The summed E-state index contributed by atoms with van der Waals surface area (Å²) in [6, 6.07) is 14.3. The van der Waals surface area contributed by atoms with Gasteiger partial charge in [0, 0.05) is 18.5 Å². The summed E-state index contributed by atoms with van der Waals surface area (Å²) in [5, 5.41) is 6.96. The van der Waals surface area contributed by atoms with Gasteiger partial charge < -0.3 is 15.1 Å². The Bertz CT molecular complexity index is 820. The maximum Gasteiger partial charge on any atom is 0.317 e. The first-order valence-electron chi connectivity index (χ1n) is 9.12. The zero-order valence-corrected chi connectivity index (χ0v) is 15.6. The first-order chi connectivity index (χ1) is 13.1. The normalized spacial score (nSPS) is 15.8. The molecule has 0 aliphatic carbocycles. The van der Waals surface area contributed by atoms with Crippen LogP contribution in [0.4, 0.5) is 9.18 Å². The summed E-state index contributed by atoms with van der Waals surface area (Å²) in [7, 11) is 0. The van der Waals surface area contributed by atoms with Gasteiger partial charge in [0.25, 0.3) is 0 Å². The number of oxime groups is 1. The van der Waals surface area contributed by atoms with Gasteiger partial charge in [-0.1, -0.05) is 53.2 Å². The number of halogens is 1. The van der Waals surface area contributed by atoms with Crippen molar-refractivity contribution in [3.05, 3.63) is 71.0 Å². The van der Waals surface area contributed by atoms with Crippen molar-refractivity contribution in [2.45, 2.75) is 32.9 Å².